The summed E-state index contributed by atoms with van der Waals surface area (Å²) in [6.45, 7) is 2.10. The van der Waals surface area contributed by atoms with E-state index in [1.54, 1.807) is 0 Å². The molecule has 3 rings (SSSR count). The fourth-order valence-electron chi connectivity index (χ4n) is 4.12. The van der Waals surface area contributed by atoms with Gasteiger partial charge in [0.05, 0.1) is 11.1 Å². The van der Waals surface area contributed by atoms with E-state index in [0.29, 0.717) is 5.69 Å². The summed E-state index contributed by atoms with van der Waals surface area (Å²) in [4.78, 5) is 14.3. The third kappa shape index (κ3) is 3.22. The molecule has 2 fully saturated rings. The van der Waals surface area contributed by atoms with Crippen molar-refractivity contribution in [2.45, 2.75) is 50.0 Å². The summed E-state index contributed by atoms with van der Waals surface area (Å²) >= 11 is 0. The number of piperidine rings is 1. The van der Waals surface area contributed by atoms with Gasteiger partial charge in [0.25, 0.3) is 0 Å². The molecular formula is C19H29N3O2. The second-order valence-corrected chi connectivity index (χ2v) is 7.29. The highest BCUT2D eigenvalue weighted by molar-refractivity contribution is 5.79. The Kier molecular flexibility index (Phi) is 4.99. The summed E-state index contributed by atoms with van der Waals surface area (Å²) in [5, 5.41) is 3.28. The summed E-state index contributed by atoms with van der Waals surface area (Å²) in [5.41, 5.74) is 8.34. The molecule has 0 amide bonds. The number of nitrogens with one attached hydrogen (secondary N) is 1. The molecule has 5 nitrogen and oxygen atoms in total. The zero-order valence-corrected chi connectivity index (χ0v) is 14.8. The zero-order valence-electron chi connectivity index (χ0n) is 14.8. The number of hydrogen-bond acceptors (Lipinski definition) is 5. The molecule has 5 heteroatoms. The molecule has 0 aromatic heterocycles. The van der Waals surface area contributed by atoms with E-state index >= 15 is 0 Å². The van der Waals surface area contributed by atoms with Gasteiger partial charge in [-0.1, -0.05) is 12.8 Å². The van der Waals surface area contributed by atoms with Gasteiger partial charge >= 0.3 is 0 Å². The van der Waals surface area contributed by atoms with Crippen molar-refractivity contribution in [1.82, 2.24) is 4.90 Å². The minimum atomic E-state index is -0.418. The Balaban J connectivity index is 1.93. The second-order valence-electron chi connectivity index (χ2n) is 7.29. The number of aldehydes is 1. The lowest BCUT2D eigenvalue weighted by molar-refractivity contribution is -0.112. The standard InChI is InChI=1S/C19H29N3O2/c1-21-18-16(19(13-23)7-3-4-8-19)11-14(20)12-17(18)24-15-5-9-22(2)10-6-15/h11-13,15,21H,3-10,20H2,1-2H3. The Morgan fingerprint density at radius 1 is 1.29 bits per heavy atom. The number of nitrogen functional groups attached to an aromatic ring is 1. The van der Waals surface area contributed by atoms with Gasteiger partial charge < -0.3 is 25.5 Å². The zero-order chi connectivity index (χ0) is 17.2. The van der Waals surface area contributed by atoms with E-state index in [4.69, 9.17) is 10.5 Å². The molecule has 1 heterocycles. The van der Waals surface area contributed by atoms with E-state index in [9.17, 15) is 4.79 Å². The molecule has 0 spiro atoms. The number of nitrogens with two attached hydrogens (primary N) is 1. The van der Waals surface area contributed by atoms with Crippen molar-refractivity contribution in [3.63, 3.8) is 0 Å². The van der Waals surface area contributed by atoms with Gasteiger partial charge in [0.15, 0.2) is 0 Å². The van der Waals surface area contributed by atoms with Crippen LogP contribution in [0.4, 0.5) is 11.4 Å². The highest BCUT2D eigenvalue weighted by atomic mass is 16.5. The number of benzene rings is 1. The number of ether oxygens (including phenoxy) is 1. The molecule has 1 aliphatic heterocycles. The summed E-state index contributed by atoms with van der Waals surface area (Å²) in [5.74, 6) is 0.787. The van der Waals surface area contributed by atoms with E-state index < -0.39 is 5.41 Å². The molecule has 0 radical (unpaired) electrons. The van der Waals surface area contributed by atoms with Crippen molar-refractivity contribution in [2.75, 3.05) is 38.2 Å². The first-order chi connectivity index (χ1) is 11.6. The normalized spacial score (nSPS) is 21.6. The average molecular weight is 331 g/mol. The fourth-order valence-corrected chi connectivity index (χ4v) is 4.12. The third-order valence-electron chi connectivity index (χ3n) is 5.59. The van der Waals surface area contributed by atoms with Crippen LogP contribution < -0.4 is 15.8 Å². The molecule has 132 valence electrons. The third-order valence-corrected chi connectivity index (χ3v) is 5.59. The molecule has 0 unspecified atom stereocenters. The summed E-state index contributed by atoms with van der Waals surface area (Å²) in [6, 6.07) is 3.84. The maximum Gasteiger partial charge on any atom is 0.145 e. The first-order valence-corrected chi connectivity index (χ1v) is 9.01. The smallest absolute Gasteiger partial charge is 0.145 e. The minimum absolute atomic E-state index is 0.207. The van der Waals surface area contributed by atoms with Crippen LogP contribution in [0.1, 0.15) is 44.1 Å². The molecular weight excluding hydrogens is 302 g/mol. The molecule has 3 N–H and O–H groups in total. The van der Waals surface area contributed by atoms with Crippen molar-refractivity contribution in [2.24, 2.45) is 0 Å². The highest BCUT2D eigenvalue weighted by Gasteiger charge is 2.38. The van der Waals surface area contributed by atoms with Gasteiger partial charge in [0.1, 0.15) is 18.1 Å². The van der Waals surface area contributed by atoms with Gasteiger partial charge in [-0.3, -0.25) is 0 Å². The van der Waals surface area contributed by atoms with Crippen LogP contribution in [0.5, 0.6) is 5.75 Å². The molecule has 1 aromatic carbocycles. The molecule has 1 aliphatic carbocycles. The molecule has 0 bridgehead atoms. The van der Waals surface area contributed by atoms with Crippen LogP contribution in [-0.4, -0.2) is 44.5 Å². The van der Waals surface area contributed by atoms with Crippen molar-refractivity contribution in [1.29, 1.82) is 0 Å². The molecule has 0 atom stereocenters. The van der Waals surface area contributed by atoms with E-state index in [1.807, 2.05) is 19.2 Å². The lowest BCUT2D eigenvalue weighted by Crippen LogP contribution is -2.36. The Morgan fingerprint density at radius 3 is 2.54 bits per heavy atom. The Morgan fingerprint density at radius 2 is 1.96 bits per heavy atom. The van der Waals surface area contributed by atoms with Gasteiger partial charge in [0.2, 0.25) is 0 Å². The largest absolute Gasteiger partial charge is 0.488 e. The predicted octanol–water partition coefficient (Wildman–Crippen LogP) is 2.79. The van der Waals surface area contributed by atoms with Crippen LogP contribution in [-0.2, 0) is 10.2 Å². The van der Waals surface area contributed by atoms with Crippen LogP contribution in [0.2, 0.25) is 0 Å². The summed E-state index contributed by atoms with van der Waals surface area (Å²) < 4.78 is 6.31. The quantitative estimate of drug-likeness (QED) is 0.641. The SMILES string of the molecule is CNc1c(OC2CCN(C)CC2)cc(N)cc1C1(C=O)CCCC1. The second kappa shape index (κ2) is 7.01. The van der Waals surface area contributed by atoms with E-state index in [1.165, 1.54) is 0 Å². The number of nitrogens with zero attached hydrogens (tertiary/aromatic N) is 1. The average Bonchev–Trinajstić information content (AvgIpc) is 3.07. The Labute approximate surface area is 144 Å². The number of likely N-dealkylation sites (tertiary alicyclic amines) is 1. The highest BCUT2D eigenvalue weighted by Crippen LogP contribution is 2.46. The number of anilines is 2. The summed E-state index contributed by atoms with van der Waals surface area (Å²) in [6.07, 6.45) is 7.31. The molecule has 1 aromatic rings. The predicted molar refractivity (Wildman–Crippen MR) is 97.8 cm³/mol. The number of rotatable bonds is 5. The molecule has 24 heavy (non-hydrogen) atoms. The monoisotopic (exact) mass is 331 g/mol. The first kappa shape index (κ1) is 17.1. The number of carbonyl (C=O) groups is 1. The van der Waals surface area contributed by atoms with Gasteiger partial charge in [0, 0.05) is 31.9 Å². The van der Waals surface area contributed by atoms with Crippen molar-refractivity contribution < 1.29 is 9.53 Å². The van der Waals surface area contributed by atoms with Crippen molar-refractivity contribution >= 4 is 17.7 Å². The maximum absolute atomic E-state index is 11.9. The Hall–Kier alpha value is -1.75. The lowest BCUT2D eigenvalue weighted by Gasteiger charge is -2.32. The van der Waals surface area contributed by atoms with Crippen LogP contribution in [0.25, 0.3) is 0 Å². The lowest BCUT2D eigenvalue weighted by atomic mass is 9.79. The summed E-state index contributed by atoms with van der Waals surface area (Å²) in [7, 11) is 4.03. The fraction of sp³-hybridized carbons (Fsp3) is 0.632. The molecule has 2 aliphatic rings. The van der Waals surface area contributed by atoms with Gasteiger partial charge in [-0.25, -0.2) is 0 Å². The van der Waals surface area contributed by atoms with Gasteiger partial charge in [-0.15, -0.1) is 0 Å². The van der Waals surface area contributed by atoms with Crippen molar-refractivity contribution in [3.05, 3.63) is 17.7 Å². The maximum atomic E-state index is 11.9. The van der Waals surface area contributed by atoms with E-state index in [0.717, 1.165) is 74.9 Å². The van der Waals surface area contributed by atoms with Gasteiger partial charge in [-0.2, -0.15) is 0 Å². The van der Waals surface area contributed by atoms with Crippen molar-refractivity contribution in [3.8, 4) is 5.75 Å². The first-order valence-electron chi connectivity index (χ1n) is 9.01. The van der Waals surface area contributed by atoms with Gasteiger partial charge in [-0.05, 0) is 44.4 Å². The number of hydrogen-bond donors (Lipinski definition) is 2. The molecule has 1 saturated carbocycles. The minimum Gasteiger partial charge on any atom is -0.488 e. The van der Waals surface area contributed by atoms with Crippen LogP contribution >= 0.6 is 0 Å². The van der Waals surface area contributed by atoms with E-state index in [2.05, 4.69) is 17.3 Å². The van der Waals surface area contributed by atoms with E-state index in [-0.39, 0.29) is 6.10 Å². The van der Waals surface area contributed by atoms with Crippen LogP contribution in [0.15, 0.2) is 12.1 Å². The van der Waals surface area contributed by atoms with Crippen LogP contribution in [0.3, 0.4) is 0 Å². The van der Waals surface area contributed by atoms with Crippen LogP contribution in [0, 0.1) is 0 Å². The Bertz CT molecular complexity index is 589. The topological polar surface area (TPSA) is 67.6 Å². The molecule has 1 saturated heterocycles. The number of carbonyl (C=O) groups excluding carboxylic acids is 1.